The second-order valence-corrected chi connectivity index (χ2v) is 4.82. The maximum Gasteiger partial charge on any atom is 0.254 e. The summed E-state index contributed by atoms with van der Waals surface area (Å²) >= 11 is 5.74. The van der Waals surface area contributed by atoms with E-state index in [-0.39, 0.29) is 10.7 Å². The molecule has 0 unspecified atom stereocenters. The molecule has 1 saturated carbocycles. The van der Waals surface area contributed by atoms with Crippen LogP contribution in [0.5, 0.6) is 0 Å². The molecule has 0 aliphatic heterocycles. The van der Waals surface area contributed by atoms with Crippen LogP contribution in [-0.2, 0) is 0 Å². The van der Waals surface area contributed by atoms with Crippen LogP contribution in [0.4, 0.5) is 4.39 Å². The fraction of sp³-hybridized carbons (Fsp3) is 0.500. The number of pyridine rings is 1. The van der Waals surface area contributed by atoms with Gasteiger partial charge in [-0.3, -0.25) is 4.79 Å². The van der Waals surface area contributed by atoms with E-state index >= 15 is 0 Å². The first-order chi connectivity index (χ1) is 8.58. The summed E-state index contributed by atoms with van der Waals surface area (Å²) in [4.78, 5) is 17.6. The number of nitrogens with one attached hydrogen (secondary N) is 1. The highest BCUT2D eigenvalue weighted by Crippen LogP contribution is 2.24. The van der Waals surface area contributed by atoms with Crippen molar-refractivity contribution in [2.45, 2.75) is 18.9 Å². The number of halogens is 2. The molecule has 1 aromatic rings. The van der Waals surface area contributed by atoms with Crippen LogP contribution >= 0.6 is 11.6 Å². The van der Waals surface area contributed by atoms with Crippen molar-refractivity contribution in [1.29, 1.82) is 0 Å². The Morgan fingerprint density at radius 3 is 3.06 bits per heavy atom. The first kappa shape index (κ1) is 13.2. The molecule has 0 atom stereocenters. The number of aromatic nitrogens is 1. The molecule has 0 saturated heterocycles. The molecule has 4 nitrogen and oxygen atoms in total. The van der Waals surface area contributed by atoms with Crippen molar-refractivity contribution < 1.29 is 9.18 Å². The van der Waals surface area contributed by atoms with E-state index < -0.39 is 11.7 Å². The average molecular weight is 272 g/mol. The molecule has 1 aromatic heterocycles. The van der Waals surface area contributed by atoms with Crippen LogP contribution in [0.3, 0.4) is 0 Å². The summed E-state index contributed by atoms with van der Waals surface area (Å²) in [5, 5.41) is 2.73. The number of likely N-dealkylation sites (N-methyl/N-ethyl adjacent to an activating group) is 1. The van der Waals surface area contributed by atoms with E-state index in [9.17, 15) is 9.18 Å². The maximum absolute atomic E-state index is 13.0. The molecule has 2 rings (SSSR count). The van der Waals surface area contributed by atoms with Crippen molar-refractivity contribution in [3.63, 3.8) is 0 Å². The fourth-order valence-electron chi connectivity index (χ4n) is 1.72. The third-order valence-electron chi connectivity index (χ3n) is 2.97. The van der Waals surface area contributed by atoms with Crippen LogP contribution in [0, 0.1) is 5.82 Å². The van der Waals surface area contributed by atoms with Gasteiger partial charge in [0.15, 0.2) is 0 Å². The lowest BCUT2D eigenvalue weighted by Gasteiger charge is -2.15. The van der Waals surface area contributed by atoms with Gasteiger partial charge in [0.2, 0.25) is 0 Å². The summed E-state index contributed by atoms with van der Waals surface area (Å²) < 4.78 is 13.0. The lowest BCUT2D eigenvalue weighted by atomic mass is 10.2. The van der Waals surface area contributed by atoms with Gasteiger partial charge < -0.3 is 10.2 Å². The summed E-state index contributed by atoms with van der Waals surface area (Å²) in [6.45, 7) is 1.29. The van der Waals surface area contributed by atoms with Crippen LogP contribution in [0.1, 0.15) is 23.2 Å². The molecule has 1 aliphatic carbocycles. The Labute approximate surface area is 110 Å². The molecule has 0 spiro atoms. The van der Waals surface area contributed by atoms with Gasteiger partial charge in [0.05, 0.1) is 11.8 Å². The average Bonchev–Trinajstić information content (AvgIpc) is 3.16. The Morgan fingerprint density at radius 2 is 2.39 bits per heavy atom. The highest BCUT2D eigenvalue weighted by atomic mass is 35.5. The Balaban J connectivity index is 1.85. The van der Waals surface area contributed by atoms with E-state index in [0.29, 0.717) is 12.6 Å². The third-order valence-corrected chi connectivity index (χ3v) is 3.27. The largest absolute Gasteiger partial charge is 0.351 e. The Kier molecular flexibility index (Phi) is 4.14. The summed E-state index contributed by atoms with van der Waals surface area (Å²) in [7, 11) is 2.03. The quantitative estimate of drug-likeness (QED) is 0.829. The molecule has 0 aromatic carbocycles. The van der Waals surface area contributed by atoms with Gasteiger partial charge in [0, 0.05) is 19.1 Å². The molecule has 1 aliphatic rings. The summed E-state index contributed by atoms with van der Waals surface area (Å²) in [6.07, 6.45) is 3.44. The van der Waals surface area contributed by atoms with Crippen molar-refractivity contribution >= 4 is 17.5 Å². The van der Waals surface area contributed by atoms with Gasteiger partial charge in [-0.05, 0) is 26.0 Å². The normalized spacial score (nSPS) is 14.9. The monoisotopic (exact) mass is 271 g/mol. The van der Waals surface area contributed by atoms with Crippen LogP contribution in [-0.4, -0.2) is 42.0 Å². The number of carbonyl (C=O) groups is 1. The Bertz CT molecular complexity index is 451. The summed E-state index contributed by atoms with van der Waals surface area (Å²) in [6, 6.07) is 1.75. The standard InChI is InChI=1S/C12H15ClFN3O/c1-17(9-2-3-9)5-4-15-12(18)10-6-8(14)7-16-11(10)13/h6-7,9H,2-5H2,1H3,(H,15,18). The molecular formula is C12H15ClFN3O. The molecule has 1 amide bonds. The third kappa shape index (κ3) is 3.40. The topological polar surface area (TPSA) is 45.2 Å². The van der Waals surface area contributed by atoms with E-state index in [1.807, 2.05) is 7.05 Å². The molecule has 1 N–H and O–H groups in total. The molecule has 1 fully saturated rings. The van der Waals surface area contributed by atoms with Crippen molar-refractivity contribution in [3.05, 3.63) is 28.8 Å². The number of amides is 1. The lowest BCUT2D eigenvalue weighted by molar-refractivity contribution is 0.0948. The summed E-state index contributed by atoms with van der Waals surface area (Å²) in [5.74, 6) is -0.962. The molecule has 1 heterocycles. The second-order valence-electron chi connectivity index (χ2n) is 4.46. The van der Waals surface area contributed by atoms with E-state index in [0.717, 1.165) is 18.8 Å². The van der Waals surface area contributed by atoms with Crippen molar-refractivity contribution in [2.24, 2.45) is 0 Å². The zero-order valence-corrected chi connectivity index (χ0v) is 10.9. The van der Waals surface area contributed by atoms with Gasteiger partial charge in [-0.25, -0.2) is 9.37 Å². The highest BCUT2D eigenvalue weighted by molar-refractivity contribution is 6.32. The predicted molar refractivity (Wildman–Crippen MR) is 67.2 cm³/mol. The minimum absolute atomic E-state index is 0.0180. The minimum atomic E-state index is -0.570. The van der Waals surface area contributed by atoms with Crippen molar-refractivity contribution in [1.82, 2.24) is 15.2 Å². The van der Waals surface area contributed by atoms with Gasteiger partial charge in [-0.2, -0.15) is 0 Å². The highest BCUT2D eigenvalue weighted by Gasteiger charge is 2.25. The van der Waals surface area contributed by atoms with Crippen LogP contribution in [0.25, 0.3) is 0 Å². The van der Waals surface area contributed by atoms with Crippen molar-refractivity contribution in [2.75, 3.05) is 20.1 Å². The van der Waals surface area contributed by atoms with E-state index in [1.165, 1.54) is 12.8 Å². The van der Waals surface area contributed by atoms with E-state index in [1.54, 1.807) is 0 Å². The Morgan fingerprint density at radius 1 is 1.67 bits per heavy atom. The van der Waals surface area contributed by atoms with Crippen molar-refractivity contribution in [3.8, 4) is 0 Å². The number of nitrogens with zero attached hydrogens (tertiary/aromatic N) is 2. The zero-order chi connectivity index (χ0) is 13.1. The van der Waals surface area contributed by atoms with E-state index in [4.69, 9.17) is 11.6 Å². The van der Waals surface area contributed by atoms with E-state index in [2.05, 4.69) is 15.2 Å². The predicted octanol–water partition coefficient (Wildman–Crippen LogP) is 1.70. The van der Waals surface area contributed by atoms with Gasteiger partial charge in [0.1, 0.15) is 11.0 Å². The summed E-state index contributed by atoms with van der Waals surface area (Å²) in [5.41, 5.74) is 0.0748. The lowest BCUT2D eigenvalue weighted by Crippen LogP contribution is -2.34. The van der Waals surface area contributed by atoms with Gasteiger partial charge in [-0.15, -0.1) is 0 Å². The molecule has 18 heavy (non-hydrogen) atoms. The molecule has 6 heteroatoms. The first-order valence-corrected chi connectivity index (χ1v) is 6.25. The van der Waals surface area contributed by atoms with Gasteiger partial charge in [-0.1, -0.05) is 11.6 Å². The molecule has 0 radical (unpaired) electrons. The molecule has 98 valence electrons. The number of carbonyl (C=O) groups excluding carboxylic acids is 1. The SMILES string of the molecule is CN(CCNC(=O)c1cc(F)cnc1Cl)C1CC1. The van der Waals surface area contributed by atoms with Gasteiger partial charge in [0.25, 0.3) is 5.91 Å². The fourth-order valence-corrected chi connectivity index (χ4v) is 1.91. The number of hydrogen-bond acceptors (Lipinski definition) is 3. The Hall–Kier alpha value is -1.20. The first-order valence-electron chi connectivity index (χ1n) is 5.87. The smallest absolute Gasteiger partial charge is 0.254 e. The maximum atomic E-state index is 13.0. The number of rotatable bonds is 5. The minimum Gasteiger partial charge on any atom is -0.351 e. The van der Waals surface area contributed by atoms with Crippen LogP contribution in [0.15, 0.2) is 12.3 Å². The second kappa shape index (κ2) is 5.63. The zero-order valence-electron chi connectivity index (χ0n) is 10.1. The molecule has 0 bridgehead atoms. The number of hydrogen-bond donors (Lipinski definition) is 1. The van der Waals surface area contributed by atoms with Crippen LogP contribution in [0.2, 0.25) is 5.15 Å². The van der Waals surface area contributed by atoms with Gasteiger partial charge >= 0.3 is 0 Å². The van der Waals surface area contributed by atoms with Crippen LogP contribution < -0.4 is 5.32 Å². The molecular weight excluding hydrogens is 257 g/mol.